The van der Waals surface area contributed by atoms with Crippen molar-refractivity contribution in [1.29, 1.82) is 0 Å². The Morgan fingerprint density at radius 2 is 2.05 bits per heavy atom. The first kappa shape index (κ1) is 13.9. The molecule has 3 rings (SSSR count). The van der Waals surface area contributed by atoms with E-state index < -0.39 is 0 Å². The predicted octanol–water partition coefficient (Wildman–Crippen LogP) is 2.54. The Morgan fingerprint density at radius 1 is 1.29 bits per heavy atom. The Balaban J connectivity index is 1.75. The molecule has 110 valence electrons. The summed E-state index contributed by atoms with van der Waals surface area (Å²) in [6, 6.07) is 11.6. The van der Waals surface area contributed by atoms with E-state index in [1.807, 2.05) is 49.3 Å². The van der Waals surface area contributed by atoms with E-state index in [4.69, 9.17) is 4.42 Å². The maximum absolute atomic E-state index is 12.5. The maximum atomic E-state index is 12.5. The second-order valence-electron chi connectivity index (χ2n) is 5.74. The van der Waals surface area contributed by atoms with E-state index in [-0.39, 0.29) is 5.91 Å². The minimum absolute atomic E-state index is 0.0757. The first-order valence-electron chi connectivity index (χ1n) is 7.23. The summed E-state index contributed by atoms with van der Waals surface area (Å²) in [6.45, 7) is 2.11. The van der Waals surface area contributed by atoms with Crippen LogP contribution in [0.1, 0.15) is 27.4 Å². The van der Waals surface area contributed by atoms with Crippen molar-refractivity contribution in [2.75, 3.05) is 20.6 Å². The normalized spacial score (nSPS) is 14.3. The molecule has 0 spiro atoms. The summed E-state index contributed by atoms with van der Waals surface area (Å²) < 4.78 is 5.90. The lowest BCUT2D eigenvalue weighted by atomic mass is 10.1. The highest BCUT2D eigenvalue weighted by Gasteiger charge is 2.24. The molecule has 1 aliphatic heterocycles. The summed E-state index contributed by atoms with van der Waals surface area (Å²) in [6.07, 6.45) is 0.866. The molecule has 1 aromatic carbocycles. The lowest BCUT2D eigenvalue weighted by Gasteiger charge is -2.26. The molecule has 2 heterocycles. The molecule has 21 heavy (non-hydrogen) atoms. The molecule has 0 radical (unpaired) electrons. The van der Waals surface area contributed by atoms with Crippen molar-refractivity contribution in [1.82, 2.24) is 9.80 Å². The summed E-state index contributed by atoms with van der Waals surface area (Å²) >= 11 is 0. The minimum Gasteiger partial charge on any atom is -0.463 e. The van der Waals surface area contributed by atoms with Crippen molar-refractivity contribution in [2.45, 2.75) is 19.5 Å². The largest absolute Gasteiger partial charge is 0.463 e. The summed E-state index contributed by atoms with van der Waals surface area (Å²) in [4.78, 5) is 16.4. The van der Waals surface area contributed by atoms with Gasteiger partial charge in [0.15, 0.2) is 0 Å². The van der Waals surface area contributed by atoms with Crippen molar-refractivity contribution < 1.29 is 9.21 Å². The van der Waals surface area contributed by atoms with E-state index >= 15 is 0 Å². The molecule has 0 unspecified atom stereocenters. The monoisotopic (exact) mass is 284 g/mol. The van der Waals surface area contributed by atoms with Crippen LogP contribution in [0.25, 0.3) is 0 Å². The zero-order valence-electron chi connectivity index (χ0n) is 12.5. The van der Waals surface area contributed by atoms with Crippen molar-refractivity contribution >= 4 is 5.91 Å². The standard InChI is InChI=1S/C17H20N2O2/c1-18(2)11-15-10-14-8-9-19(12-16(14)21-15)17(20)13-6-4-3-5-7-13/h3-7,10H,8-9,11-12H2,1-2H3. The Kier molecular flexibility index (Phi) is 3.80. The van der Waals surface area contributed by atoms with Gasteiger partial charge in [-0.3, -0.25) is 4.79 Å². The van der Waals surface area contributed by atoms with Crippen LogP contribution in [0.3, 0.4) is 0 Å². The lowest BCUT2D eigenvalue weighted by molar-refractivity contribution is 0.0718. The molecule has 0 atom stereocenters. The Labute approximate surface area is 125 Å². The lowest BCUT2D eigenvalue weighted by Crippen LogP contribution is -2.35. The first-order chi connectivity index (χ1) is 10.1. The highest BCUT2D eigenvalue weighted by Crippen LogP contribution is 2.24. The van der Waals surface area contributed by atoms with Gasteiger partial charge in [-0.2, -0.15) is 0 Å². The van der Waals surface area contributed by atoms with E-state index in [9.17, 15) is 4.79 Å². The fraction of sp³-hybridized carbons (Fsp3) is 0.353. The number of fused-ring (bicyclic) bond motifs is 1. The number of carbonyl (C=O) groups excluding carboxylic acids is 1. The summed E-state index contributed by atoms with van der Waals surface area (Å²) in [5.41, 5.74) is 1.98. The van der Waals surface area contributed by atoms with Crippen LogP contribution in [0.15, 0.2) is 40.8 Å². The fourth-order valence-electron chi connectivity index (χ4n) is 2.71. The van der Waals surface area contributed by atoms with Gasteiger partial charge >= 0.3 is 0 Å². The average Bonchev–Trinajstić information content (AvgIpc) is 2.87. The highest BCUT2D eigenvalue weighted by atomic mass is 16.3. The number of carbonyl (C=O) groups is 1. The van der Waals surface area contributed by atoms with Gasteiger partial charge in [-0.05, 0) is 44.3 Å². The smallest absolute Gasteiger partial charge is 0.254 e. The number of benzene rings is 1. The molecule has 1 amide bonds. The third kappa shape index (κ3) is 3.00. The molecule has 2 aromatic rings. The number of hydrogen-bond acceptors (Lipinski definition) is 3. The van der Waals surface area contributed by atoms with Crippen molar-refractivity contribution in [3.8, 4) is 0 Å². The van der Waals surface area contributed by atoms with E-state index in [2.05, 4.69) is 11.0 Å². The molecule has 1 aromatic heterocycles. The van der Waals surface area contributed by atoms with Gasteiger partial charge in [-0.15, -0.1) is 0 Å². The number of amides is 1. The first-order valence-corrected chi connectivity index (χ1v) is 7.23. The number of nitrogens with zero attached hydrogens (tertiary/aromatic N) is 2. The van der Waals surface area contributed by atoms with Crippen LogP contribution in [0.5, 0.6) is 0 Å². The molecule has 0 aliphatic carbocycles. The quantitative estimate of drug-likeness (QED) is 0.869. The second kappa shape index (κ2) is 5.74. The van der Waals surface area contributed by atoms with Gasteiger partial charge in [0.05, 0.1) is 13.1 Å². The molecule has 4 nitrogen and oxygen atoms in total. The maximum Gasteiger partial charge on any atom is 0.254 e. The third-order valence-corrected chi connectivity index (χ3v) is 3.71. The van der Waals surface area contributed by atoms with Gasteiger partial charge in [0.25, 0.3) is 5.91 Å². The van der Waals surface area contributed by atoms with Gasteiger partial charge in [-0.1, -0.05) is 18.2 Å². The van der Waals surface area contributed by atoms with Crippen LogP contribution < -0.4 is 0 Å². The summed E-state index contributed by atoms with van der Waals surface area (Å²) in [5, 5.41) is 0. The van der Waals surface area contributed by atoms with Crippen molar-refractivity contribution in [3.63, 3.8) is 0 Å². The third-order valence-electron chi connectivity index (χ3n) is 3.71. The predicted molar refractivity (Wildman–Crippen MR) is 81.0 cm³/mol. The molecular weight excluding hydrogens is 264 g/mol. The fourth-order valence-corrected chi connectivity index (χ4v) is 2.71. The topological polar surface area (TPSA) is 36.7 Å². The van der Waals surface area contributed by atoms with Crippen molar-refractivity contribution in [2.24, 2.45) is 0 Å². The van der Waals surface area contributed by atoms with Crippen LogP contribution in [-0.2, 0) is 19.5 Å². The van der Waals surface area contributed by atoms with Crippen LogP contribution in [-0.4, -0.2) is 36.3 Å². The van der Waals surface area contributed by atoms with Crippen LogP contribution in [0.2, 0.25) is 0 Å². The van der Waals surface area contributed by atoms with Gasteiger partial charge < -0.3 is 14.2 Å². The van der Waals surface area contributed by atoms with Gasteiger partial charge in [-0.25, -0.2) is 0 Å². The number of furan rings is 1. The molecule has 0 N–H and O–H groups in total. The van der Waals surface area contributed by atoms with Crippen LogP contribution in [0, 0.1) is 0 Å². The summed E-state index contributed by atoms with van der Waals surface area (Å²) in [7, 11) is 4.04. The Morgan fingerprint density at radius 3 is 2.76 bits per heavy atom. The zero-order valence-corrected chi connectivity index (χ0v) is 12.5. The summed E-state index contributed by atoms with van der Waals surface area (Å²) in [5.74, 6) is 1.98. The van der Waals surface area contributed by atoms with E-state index in [1.165, 1.54) is 5.56 Å². The van der Waals surface area contributed by atoms with Gasteiger partial charge in [0.2, 0.25) is 0 Å². The van der Waals surface area contributed by atoms with E-state index in [1.54, 1.807) is 0 Å². The molecule has 0 saturated heterocycles. The van der Waals surface area contributed by atoms with Crippen molar-refractivity contribution in [3.05, 3.63) is 59.0 Å². The van der Waals surface area contributed by atoms with Crippen LogP contribution in [0.4, 0.5) is 0 Å². The van der Waals surface area contributed by atoms with E-state index in [0.717, 1.165) is 36.6 Å². The number of hydrogen-bond donors (Lipinski definition) is 0. The Hall–Kier alpha value is -2.07. The molecule has 1 aliphatic rings. The van der Waals surface area contributed by atoms with Gasteiger partial charge in [0.1, 0.15) is 11.5 Å². The molecule has 4 heteroatoms. The molecule has 0 bridgehead atoms. The number of rotatable bonds is 3. The Bertz CT molecular complexity index is 631. The van der Waals surface area contributed by atoms with Gasteiger partial charge in [0, 0.05) is 12.1 Å². The second-order valence-corrected chi connectivity index (χ2v) is 5.74. The SMILES string of the molecule is CN(C)Cc1cc2c(o1)CN(C(=O)c1ccccc1)CC2. The average molecular weight is 284 g/mol. The minimum atomic E-state index is 0.0757. The molecule has 0 saturated carbocycles. The van der Waals surface area contributed by atoms with E-state index in [0.29, 0.717) is 6.54 Å². The van der Waals surface area contributed by atoms with Crippen LogP contribution >= 0.6 is 0 Å². The molecular formula is C17H20N2O2. The highest BCUT2D eigenvalue weighted by molar-refractivity contribution is 5.94. The molecule has 0 fully saturated rings. The zero-order chi connectivity index (χ0) is 14.8.